The first-order valence-electron chi connectivity index (χ1n) is 35.8. The molecule has 15 rings (SSSR count). The van der Waals surface area contributed by atoms with Gasteiger partial charge >= 0.3 is 0 Å². The summed E-state index contributed by atoms with van der Waals surface area (Å²) in [6, 6.07) is 34.8. The van der Waals surface area contributed by atoms with Crippen LogP contribution in [0.5, 0.6) is 0 Å². The summed E-state index contributed by atoms with van der Waals surface area (Å²) in [6.07, 6.45) is 21.3. The minimum Gasteiger partial charge on any atom is -0.348 e. The van der Waals surface area contributed by atoms with Crippen molar-refractivity contribution in [3.8, 4) is 17.1 Å². The molecule has 2 aliphatic carbocycles. The predicted octanol–water partition coefficient (Wildman–Crippen LogP) is 21.8. The van der Waals surface area contributed by atoms with Crippen LogP contribution in [0.2, 0.25) is 30.1 Å². The summed E-state index contributed by atoms with van der Waals surface area (Å²) >= 11 is 43.3. The predicted molar refractivity (Wildman–Crippen MR) is 432 cm³/mol. The van der Waals surface area contributed by atoms with Gasteiger partial charge in [0.1, 0.15) is 34.5 Å². The molecule has 1 saturated heterocycles. The Kier molecular flexibility index (Phi) is 26.0. The Hall–Kier alpha value is -6.88. The maximum absolute atomic E-state index is 13.8. The van der Waals surface area contributed by atoms with Crippen molar-refractivity contribution in [2.45, 2.75) is 127 Å². The fourth-order valence-electron chi connectivity index (χ4n) is 14.6. The number of nitrogens with one attached hydrogen (secondary N) is 3. The van der Waals surface area contributed by atoms with Gasteiger partial charge in [0.05, 0.1) is 49.2 Å². The highest BCUT2D eigenvalue weighted by molar-refractivity contribution is 7.99. The lowest BCUT2D eigenvalue weighted by molar-refractivity contribution is 0.0740. The number of amides is 3. The third-order valence-electron chi connectivity index (χ3n) is 20.1. The first-order chi connectivity index (χ1) is 51.3. The topological polar surface area (TPSA) is 144 Å². The van der Waals surface area contributed by atoms with Crippen molar-refractivity contribution in [2.24, 2.45) is 11.8 Å². The molecule has 2 atom stereocenters. The summed E-state index contributed by atoms with van der Waals surface area (Å²) in [5, 5.41) is 26.1. The first-order valence-corrected chi connectivity index (χ1v) is 41.6. The van der Waals surface area contributed by atoms with E-state index in [-0.39, 0.29) is 47.3 Å². The van der Waals surface area contributed by atoms with Gasteiger partial charge in [-0.3, -0.25) is 19.8 Å². The molecular weight excluding hydrogens is 1530 g/mol. The highest BCUT2D eigenvalue weighted by Crippen LogP contribution is 2.42. The van der Waals surface area contributed by atoms with E-state index in [9.17, 15) is 27.6 Å². The molecule has 6 aliphatic rings. The lowest BCUT2D eigenvalue weighted by atomic mass is 9.84. The van der Waals surface area contributed by atoms with Crippen LogP contribution in [0.25, 0.3) is 52.0 Å². The van der Waals surface area contributed by atoms with E-state index in [0.717, 1.165) is 136 Å². The Bertz CT molecular complexity index is 4600. The third kappa shape index (κ3) is 18.5. The van der Waals surface area contributed by atoms with E-state index in [1.807, 2.05) is 23.2 Å². The average molecular weight is 1610 g/mol. The third-order valence-corrected chi connectivity index (χ3v) is 24.8. The maximum atomic E-state index is 13.8. The van der Waals surface area contributed by atoms with Gasteiger partial charge in [-0.05, 0) is 207 Å². The second kappa shape index (κ2) is 35.7. The molecule has 0 radical (unpaired) electrons. The van der Waals surface area contributed by atoms with Gasteiger partial charge in [-0.1, -0.05) is 151 Å². The quantitative estimate of drug-likeness (QED) is 0.0962. The number of halogens is 9. The first kappa shape index (κ1) is 77.3. The van der Waals surface area contributed by atoms with E-state index >= 15 is 0 Å². The number of hydrogen-bond acceptors (Lipinski definition) is 10. The summed E-state index contributed by atoms with van der Waals surface area (Å²) in [7, 11) is 0. The van der Waals surface area contributed by atoms with E-state index in [1.54, 1.807) is 140 Å². The molecule has 0 spiro atoms. The molecule has 3 amide bonds. The standard InChI is InChI=1S/2C28H28Cl2FN3OS.C25H23Cl2FN4OS/c2*1-17(19-5-3-2-4-6-19)32-28(35)27-23-16-36-15-20(13-18-7-10-22(31)11-8-18)26(23)33-34(27)25-12-9-21(29)14-24(25)30;26-18-6-9-22(21(27)13-18)32-24(25(33)30-31-10-2-1-3-11-31)20-15-34-14-17(23(20)29-32)12-16-4-7-19(28)8-5-16/h2*7-14,17,19H,2-6,15-16H2,1H3,(H,32,35);4-9,12-13H,1-3,10-11,14-15H2,(H,30,33)/b2*20-13+;17-12+/t2*17-;/m10./s1. The van der Waals surface area contributed by atoms with Crippen molar-refractivity contribution in [1.29, 1.82) is 0 Å². The van der Waals surface area contributed by atoms with Crippen LogP contribution in [0.1, 0.15) is 179 Å². The van der Waals surface area contributed by atoms with Crippen LogP contribution in [0.3, 0.4) is 0 Å². The van der Waals surface area contributed by atoms with Crippen molar-refractivity contribution in [1.82, 2.24) is 50.4 Å². The smallest absolute Gasteiger partial charge is 0.284 e. The zero-order chi connectivity index (χ0) is 74.1. The number of fused-ring (bicyclic) bond motifs is 3. The number of carbonyl (C=O) groups excluding carboxylic acids is 3. The Labute approximate surface area is 658 Å². The summed E-state index contributed by atoms with van der Waals surface area (Å²) in [5.41, 5.74) is 16.9. The fraction of sp³-hybridized carbons (Fsp3) is 0.333. The molecule has 552 valence electrons. The van der Waals surface area contributed by atoms with Crippen LogP contribution in [0.15, 0.2) is 127 Å². The lowest BCUT2D eigenvalue weighted by Gasteiger charge is -2.28. The number of rotatable bonds is 14. The van der Waals surface area contributed by atoms with E-state index in [2.05, 4.69) is 29.9 Å². The van der Waals surface area contributed by atoms with Crippen molar-refractivity contribution in [2.75, 3.05) is 30.3 Å². The van der Waals surface area contributed by atoms with E-state index < -0.39 is 0 Å². The van der Waals surface area contributed by atoms with Gasteiger partial charge in [-0.25, -0.2) is 32.2 Å². The van der Waals surface area contributed by atoms with Gasteiger partial charge in [-0.2, -0.15) is 50.6 Å². The number of aromatic nitrogens is 6. The minimum atomic E-state index is -0.279. The van der Waals surface area contributed by atoms with Gasteiger partial charge in [0.2, 0.25) is 0 Å². The largest absolute Gasteiger partial charge is 0.348 e. The Morgan fingerprint density at radius 1 is 0.415 bits per heavy atom. The molecule has 3 N–H and O–H groups in total. The zero-order valence-corrected chi connectivity index (χ0v) is 65.5. The van der Waals surface area contributed by atoms with Crippen LogP contribution in [-0.4, -0.2) is 94.5 Å². The lowest BCUT2D eigenvalue weighted by Crippen LogP contribution is -2.45. The molecule has 3 fully saturated rings. The molecule has 13 nitrogen and oxygen atoms in total. The van der Waals surface area contributed by atoms with E-state index in [0.29, 0.717) is 93.4 Å². The molecule has 6 aromatic carbocycles. The summed E-state index contributed by atoms with van der Waals surface area (Å²) in [6.45, 7) is 5.86. The summed E-state index contributed by atoms with van der Waals surface area (Å²) in [5.74, 6) is 3.88. The number of hydrogen-bond donors (Lipinski definition) is 3. The van der Waals surface area contributed by atoms with Gasteiger partial charge < -0.3 is 10.6 Å². The van der Waals surface area contributed by atoms with Gasteiger partial charge in [0, 0.05) is 91.4 Å². The van der Waals surface area contributed by atoms with Gasteiger partial charge in [0.15, 0.2) is 0 Å². The molecule has 3 aromatic heterocycles. The van der Waals surface area contributed by atoms with Crippen LogP contribution < -0.4 is 16.1 Å². The monoisotopic (exact) mass is 1600 g/mol. The maximum Gasteiger partial charge on any atom is 0.284 e. The number of hydrazine groups is 1. The second-order valence-corrected chi connectivity index (χ2v) is 33.0. The molecule has 7 heterocycles. The van der Waals surface area contributed by atoms with E-state index in [1.165, 1.54) is 81.3 Å². The van der Waals surface area contributed by atoms with E-state index in [4.69, 9.17) is 84.9 Å². The summed E-state index contributed by atoms with van der Waals surface area (Å²) < 4.78 is 45.2. The summed E-state index contributed by atoms with van der Waals surface area (Å²) in [4.78, 5) is 41.2. The van der Waals surface area contributed by atoms with Crippen molar-refractivity contribution >= 4 is 158 Å². The molecule has 2 saturated carbocycles. The Balaban J connectivity index is 0.000000141. The molecule has 25 heteroatoms. The highest BCUT2D eigenvalue weighted by Gasteiger charge is 2.36. The van der Waals surface area contributed by atoms with Gasteiger partial charge in [-0.15, -0.1) is 0 Å². The highest BCUT2D eigenvalue weighted by atomic mass is 35.5. The normalized spacial score (nSPS) is 18.0. The van der Waals surface area contributed by atoms with Crippen molar-refractivity contribution in [3.05, 3.63) is 243 Å². The number of carbonyl (C=O) groups is 3. The van der Waals surface area contributed by atoms with Crippen molar-refractivity contribution in [3.63, 3.8) is 0 Å². The van der Waals surface area contributed by atoms with Crippen LogP contribution in [-0.2, 0) is 17.3 Å². The van der Waals surface area contributed by atoms with Gasteiger partial charge in [0.25, 0.3) is 17.7 Å². The zero-order valence-electron chi connectivity index (χ0n) is 58.5. The average Bonchev–Trinajstić information content (AvgIpc) is 1.62. The number of nitrogens with zero attached hydrogens (tertiary/aromatic N) is 7. The number of thioether (sulfide) groups is 3. The Morgan fingerprint density at radius 3 is 1.03 bits per heavy atom. The molecule has 106 heavy (non-hydrogen) atoms. The van der Waals surface area contributed by atoms with Crippen LogP contribution in [0.4, 0.5) is 13.2 Å². The number of benzene rings is 6. The SMILES string of the molecule is C[C@@H](NC(=O)c1c2c(nn1-c1ccc(Cl)cc1Cl)/C(=C/c1ccc(F)cc1)CSC2)C1CCCCC1.C[C@H](NC(=O)c1c2c(nn1-c1ccc(Cl)cc1Cl)/C(=C/c1ccc(F)cc1)CSC2)C1CCCCC1.O=C(NN1CCCCC1)c1c2c(nn1-c1ccc(Cl)cc1Cl)/C(=C/c1ccc(F)cc1)CSC2. The molecular formula is C81H79Cl6F3N10O3S3. The molecule has 9 aromatic rings. The Morgan fingerprint density at radius 2 is 0.717 bits per heavy atom. The molecule has 4 aliphatic heterocycles. The second-order valence-electron chi connectivity index (χ2n) is 27.5. The molecule has 0 bridgehead atoms. The number of piperidine rings is 1. The van der Waals surface area contributed by atoms with Crippen LogP contribution >= 0.6 is 105 Å². The minimum absolute atomic E-state index is 0.0722. The fourth-order valence-corrected chi connectivity index (χ4v) is 19.1. The molecule has 0 unspecified atom stereocenters. The van der Waals surface area contributed by atoms with Crippen LogP contribution in [0, 0.1) is 29.3 Å². The van der Waals surface area contributed by atoms with Crippen molar-refractivity contribution < 1.29 is 27.6 Å².